The summed E-state index contributed by atoms with van der Waals surface area (Å²) >= 11 is 0. The number of aromatic nitrogens is 1. The average Bonchev–Trinajstić information content (AvgIpc) is 2.44. The van der Waals surface area contributed by atoms with Crippen LogP contribution in [0.5, 0.6) is 0 Å². The Morgan fingerprint density at radius 3 is 2.64 bits per heavy atom. The monoisotopic (exact) mass is 309 g/mol. The van der Waals surface area contributed by atoms with E-state index in [1.54, 1.807) is 0 Å². The van der Waals surface area contributed by atoms with Crippen LogP contribution in [0, 0.1) is 23.0 Å². The van der Waals surface area contributed by atoms with Crippen molar-refractivity contribution >= 4 is 5.69 Å². The third kappa shape index (κ3) is 4.14. The number of aliphatic hydroxyl groups excluding tert-OH is 1. The van der Waals surface area contributed by atoms with Crippen LogP contribution in [0.4, 0.5) is 5.69 Å². The largest absolute Gasteiger partial charge is 0.390 e. The molecule has 1 unspecified atom stereocenters. The van der Waals surface area contributed by atoms with E-state index in [9.17, 15) is 20.0 Å². The maximum atomic E-state index is 11.9. The topological polar surface area (TPSA) is 88.6 Å². The Morgan fingerprint density at radius 1 is 1.41 bits per heavy atom. The fourth-order valence-corrected chi connectivity index (χ4v) is 2.82. The lowest BCUT2D eigenvalue weighted by Crippen LogP contribution is -2.40. The minimum absolute atomic E-state index is 0.0754. The fourth-order valence-electron chi connectivity index (χ4n) is 2.82. The van der Waals surface area contributed by atoms with Crippen LogP contribution < -0.4 is 5.56 Å². The molecule has 7 heteroatoms. The number of piperidine rings is 1. The number of rotatable bonds is 5. The zero-order valence-corrected chi connectivity index (χ0v) is 13.1. The van der Waals surface area contributed by atoms with Gasteiger partial charge in [0.15, 0.2) is 0 Å². The van der Waals surface area contributed by atoms with E-state index in [0.29, 0.717) is 12.1 Å². The number of hydrogen-bond donors (Lipinski definition) is 1. The first-order valence-electron chi connectivity index (χ1n) is 7.62. The average molecular weight is 309 g/mol. The number of hydrogen-bond acceptors (Lipinski definition) is 5. The van der Waals surface area contributed by atoms with E-state index in [4.69, 9.17) is 0 Å². The van der Waals surface area contributed by atoms with Crippen molar-refractivity contribution in [3.63, 3.8) is 0 Å². The van der Waals surface area contributed by atoms with Crippen molar-refractivity contribution < 1.29 is 10.0 Å². The number of likely N-dealkylation sites (tertiary alicyclic amines) is 1. The van der Waals surface area contributed by atoms with E-state index >= 15 is 0 Å². The lowest BCUT2D eigenvalue weighted by molar-refractivity contribution is -0.386. The molecule has 1 atom stereocenters. The van der Waals surface area contributed by atoms with Crippen molar-refractivity contribution in [3.8, 4) is 0 Å². The van der Waals surface area contributed by atoms with Crippen molar-refractivity contribution in [2.45, 2.75) is 39.3 Å². The molecule has 1 fully saturated rings. The Hall–Kier alpha value is -1.73. The van der Waals surface area contributed by atoms with Gasteiger partial charge in [-0.3, -0.25) is 14.9 Å². The molecule has 1 aromatic heterocycles. The van der Waals surface area contributed by atoms with Crippen molar-refractivity contribution in [1.29, 1.82) is 0 Å². The van der Waals surface area contributed by atoms with Crippen LogP contribution >= 0.6 is 0 Å². The number of pyridine rings is 1. The predicted molar refractivity (Wildman–Crippen MR) is 82.9 cm³/mol. The SMILES string of the molecule is Cc1cc(=O)n(CC(O)CN2CCC(C)CC2)cc1[N+](=O)[O-]. The summed E-state index contributed by atoms with van der Waals surface area (Å²) in [6.07, 6.45) is 2.73. The molecule has 0 saturated carbocycles. The highest BCUT2D eigenvalue weighted by Gasteiger charge is 2.20. The van der Waals surface area contributed by atoms with Crippen LogP contribution in [0.15, 0.2) is 17.1 Å². The van der Waals surface area contributed by atoms with E-state index < -0.39 is 11.0 Å². The van der Waals surface area contributed by atoms with Gasteiger partial charge in [-0.25, -0.2) is 0 Å². The Kier molecular flexibility index (Phi) is 5.31. The minimum Gasteiger partial charge on any atom is -0.390 e. The van der Waals surface area contributed by atoms with Crippen LogP contribution in [0.25, 0.3) is 0 Å². The van der Waals surface area contributed by atoms with Gasteiger partial charge in [0, 0.05) is 18.2 Å². The first-order chi connectivity index (χ1) is 10.4. The van der Waals surface area contributed by atoms with E-state index in [2.05, 4.69) is 11.8 Å². The molecule has 2 heterocycles. The molecule has 1 aromatic rings. The van der Waals surface area contributed by atoms with Crippen LogP contribution in [0.3, 0.4) is 0 Å². The lowest BCUT2D eigenvalue weighted by atomic mass is 9.99. The second-order valence-corrected chi connectivity index (χ2v) is 6.23. The van der Waals surface area contributed by atoms with E-state index in [-0.39, 0.29) is 17.8 Å². The Bertz CT molecular complexity index is 591. The van der Waals surface area contributed by atoms with Gasteiger partial charge in [0.25, 0.3) is 11.2 Å². The molecule has 0 spiro atoms. The normalized spacial score (nSPS) is 18.3. The molecule has 2 rings (SSSR count). The van der Waals surface area contributed by atoms with Gasteiger partial charge < -0.3 is 14.6 Å². The van der Waals surface area contributed by atoms with Crippen molar-refractivity contribution in [1.82, 2.24) is 9.47 Å². The fraction of sp³-hybridized carbons (Fsp3) is 0.667. The second-order valence-electron chi connectivity index (χ2n) is 6.23. The number of nitro groups is 1. The molecule has 1 aliphatic rings. The first kappa shape index (κ1) is 16.6. The molecule has 1 N–H and O–H groups in total. The first-order valence-corrected chi connectivity index (χ1v) is 7.62. The number of nitrogens with zero attached hydrogens (tertiary/aromatic N) is 3. The molecule has 0 aliphatic carbocycles. The number of β-amino-alcohol motifs (C(OH)–C–C–N with tert-alkyl or cyclic N) is 1. The minimum atomic E-state index is -0.714. The Labute approximate surface area is 129 Å². The smallest absolute Gasteiger partial charge is 0.288 e. The van der Waals surface area contributed by atoms with Gasteiger partial charge >= 0.3 is 0 Å². The molecule has 0 radical (unpaired) electrons. The number of aryl methyl sites for hydroxylation is 1. The molecule has 7 nitrogen and oxygen atoms in total. The van der Waals surface area contributed by atoms with Gasteiger partial charge in [-0.05, 0) is 38.8 Å². The molecular formula is C15H23N3O4. The van der Waals surface area contributed by atoms with Crippen LogP contribution in [0.2, 0.25) is 0 Å². The molecule has 122 valence electrons. The quantitative estimate of drug-likeness (QED) is 0.651. The summed E-state index contributed by atoms with van der Waals surface area (Å²) in [6.45, 7) is 6.21. The van der Waals surface area contributed by atoms with Gasteiger partial charge in [0.05, 0.1) is 23.8 Å². The molecule has 0 amide bonds. The van der Waals surface area contributed by atoms with Crippen LogP contribution in [-0.2, 0) is 6.54 Å². The van der Waals surface area contributed by atoms with Gasteiger partial charge in [0.2, 0.25) is 0 Å². The van der Waals surface area contributed by atoms with E-state index in [1.165, 1.54) is 23.8 Å². The summed E-state index contributed by atoms with van der Waals surface area (Å²) in [5.74, 6) is 0.718. The molecule has 1 aliphatic heterocycles. The maximum Gasteiger partial charge on any atom is 0.288 e. The Morgan fingerprint density at radius 2 is 2.05 bits per heavy atom. The van der Waals surface area contributed by atoms with E-state index in [0.717, 1.165) is 31.8 Å². The van der Waals surface area contributed by atoms with Gasteiger partial charge in [-0.15, -0.1) is 0 Å². The zero-order valence-electron chi connectivity index (χ0n) is 13.1. The van der Waals surface area contributed by atoms with Crippen LogP contribution in [-0.4, -0.2) is 45.2 Å². The summed E-state index contributed by atoms with van der Waals surface area (Å²) in [5, 5.41) is 21.1. The summed E-state index contributed by atoms with van der Waals surface area (Å²) in [5.41, 5.74) is -0.0845. The highest BCUT2D eigenvalue weighted by atomic mass is 16.6. The summed E-state index contributed by atoms with van der Waals surface area (Å²) in [7, 11) is 0. The highest BCUT2D eigenvalue weighted by Crippen LogP contribution is 2.17. The molecule has 1 saturated heterocycles. The van der Waals surface area contributed by atoms with Crippen molar-refractivity contribution in [3.05, 3.63) is 38.3 Å². The maximum absolute atomic E-state index is 11.9. The number of aliphatic hydroxyl groups is 1. The lowest BCUT2D eigenvalue weighted by Gasteiger charge is -2.31. The third-order valence-electron chi connectivity index (χ3n) is 4.25. The van der Waals surface area contributed by atoms with Gasteiger partial charge in [-0.2, -0.15) is 0 Å². The molecule has 0 bridgehead atoms. The Balaban J connectivity index is 2.02. The van der Waals surface area contributed by atoms with Gasteiger partial charge in [-0.1, -0.05) is 6.92 Å². The van der Waals surface area contributed by atoms with Crippen molar-refractivity contribution in [2.75, 3.05) is 19.6 Å². The highest BCUT2D eigenvalue weighted by molar-refractivity contribution is 5.35. The summed E-state index contributed by atoms with van der Waals surface area (Å²) in [4.78, 5) is 24.5. The summed E-state index contributed by atoms with van der Waals surface area (Å²) < 4.78 is 1.22. The van der Waals surface area contributed by atoms with Gasteiger partial charge in [0.1, 0.15) is 0 Å². The van der Waals surface area contributed by atoms with Crippen LogP contribution in [0.1, 0.15) is 25.3 Å². The zero-order chi connectivity index (χ0) is 16.3. The third-order valence-corrected chi connectivity index (χ3v) is 4.25. The molecule has 0 aromatic carbocycles. The predicted octanol–water partition coefficient (Wildman–Crippen LogP) is 1.16. The molecule has 22 heavy (non-hydrogen) atoms. The summed E-state index contributed by atoms with van der Waals surface area (Å²) in [6, 6.07) is 1.24. The second kappa shape index (κ2) is 7.02. The van der Waals surface area contributed by atoms with Crippen molar-refractivity contribution in [2.24, 2.45) is 5.92 Å². The molecular weight excluding hydrogens is 286 g/mol. The standard InChI is InChI=1S/C15H23N3O4/c1-11-3-5-16(6-4-11)8-13(19)9-17-10-14(18(21)22)12(2)7-15(17)20/h7,10-11,13,19H,3-6,8-9H2,1-2H3. The van der Waals surface area contributed by atoms with E-state index in [1.807, 2.05) is 0 Å².